The molecule has 208 valence electrons. The van der Waals surface area contributed by atoms with Crippen LogP contribution in [0.4, 0.5) is 5.69 Å². The van der Waals surface area contributed by atoms with Crippen molar-refractivity contribution in [2.75, 3.05) is 25.6 Å². The Hall–Kier alpha value is -2.66. The zero-order valence-electron chi connectivity index (χ0n) is 22.4. The molecule has 3 N–H and O–H groups in total. The molecule has 39 heavy (non-hydrogen) atoms. The van der Waals surface area contributed by atoms with Crippen LogP contribution in [0.3, 0.4) is 0 Å². The highest BCUT2D eigenvalue weighted by Crippen LogP contribution is 2.85. The normalized spacial score (nSPS) is 47.6. The number of fused-ring (bicyclic) bond motifs is 4. The Bertz CT molecular complexity index is 1390. The van der Waals surface area contributed by atoms with Crippen LogP contribution in [0.25, 0.3) is 0 Å². The van der Waals surface area contributed by atoms with E-state index >= 15 is 0 Å². The second kappa shape index (κ2) is 6.97. The summed E-state index contributed by atoms with van der Waals surface area (Å²) in [5, 5.41) is 26.4. The van der Waals surface area contributed by atoms with Crippen LogP contribution in [0.2, 0.25) is 0 Å². The number of benzene rings is 1. The minimum atomic E-state index is -1.45. The van der Waals surface area contributed by atoms with Crippen LogP contribution in [0.15, 0.2) is 29.3 Å². The number of hydrogen-bond acceptors (Lipinski definition) is 10. The van der Waals surface area contributed by atoms with E-state index < -0.39 is 28.4 Å². The summed E-state index contributed by atoms with van der Waals surface area (Å²) in [6.45, 7) is 6.75. The van der Waals surface area contributed by atoms with E-state index in [-0.39, 0.29) is 59.4 Å². The first-order valence-electron chi connectivity index (χ1n) is 13.8. The number of epoxide rings is 3. The van der Waals surface area contributed by atoms with Gasteiger partial charge >= 0.3 is 11.9 Å². The van der Waals surface area contributed by atoms with Gasteiger partial charge in [-0.05, 0) is 54.9 Å². The molecule has 0 bridgehead atoms. The molecule has 2 saturated carbocycles. The maximum absolute atomic E-state index is 12.9. The Morgan fingerprint density at radius 1 is 1.21 bits per heavy atom. The second-order valence-electron chi connectivity index (χ2n) is 12.8. The lowest BCUT2D eigenvalue weighted by Gasteiger charge is -2.56. The first kappa shape index (κ1) is 24.2. The van der Waals surface area contributed by atoms with E-state index in [0.29, 0.717) is 25.1 Å². The summed E-state index contributed by atoms with van der Waals surface area (Å²) in [4.78, 5) is 24.6. The summed E-state index contributed by atoms with van der Waals surface area (Å²) in [7, 11) is 1.26. The minimum absolute atomic E-state index is 0.0202. The number of aromatic hydroxyl groups is 1. The fourth-order valence-corrected chi connectivity index (χ4v) is 9.50. The molecule has 0 unspecified atom stereocenters. The van der Waals surface area contributed by atoms with Crippen LogP contribution in [-0.2, 0) is 28.5 Å². The number of phenolic OH excluding ortho intramolecular Hbond substituents is 1. The molecular weight excluding hydrogens is 506 g/mol. The predicted molar refractivity (Wildman–Crippen MR) is 134 cm³/mol. The van der Waals surface area contributed by atoms with Crippen molar-refractivity contribution in [2.24, 2.45) is 17.3 Å². The van der Waals surface area contributed by atoms with Crippen LogP contribution in [0.5, 0.6) is 5.75 Å². The molecule has 8 rings (SSSR count). The summed E-state index contributed by atoms with van der Waals surface area (Å²) in [6, 6.07) is 4.59. The monoisotopic (exact) mass is 539 g/mol. The Morgan fingerprint density at radius 3 is 2.74 bits per heavy atom. The lowest BCUT2D eigenvalue weighted by atomic mass is 9.44. The number of cyclic esters (lactones) is 1. The van der Waals surface area contributed by atoms with Gasteiger partial charge in [0.2, 0.25) is 0 Å². The molecule has 7 aliphatic rings. The van der Waals surface area contributed by atoms with Crippen molar-refractivity contribution in [3.63, 3.8) is 0 Å². The molecule has 0 amide bonds. The molecule has 0 aromatic heterocycles. The third kappa shape index (κ3) is 2.38. The van der Waals surface area contributed by atoms with Gasteiger partial charge in [-0.15, -0.1) is 0 Å². The zero-order valence-corrected chi connectivity index (χ0v) is 22.4. The Kier molecular flexibility index (Phi) is 4.32. The average Bonchev–Trinajstić information content (AvgIpc) is 3.81. The van der Waals surface area contributed by atoms with Crippen LogP contribution in [0, 0.1) is 17.3 Å². The van der Waals surface area contributed by atoms with Gasteiger partial charge in [0.25, 0.3) is 0 Å². The maximum atomic E-state index is 12.9. The van der Waals surface area contributed by atoms with Crippen molar-refractivity contribution in [2.45, 2.75) is 80.7 Å². The lowest BCUT2D eigenvalue weighted by molar-refractivity contribution is -0.159. The fraction of sp³-hybridized carbons (Fsp3) is 0.655. The standard InChI is InChI=1S/C29H33NO9/c1-13(2)27-21(38-27)22-29(39-22)25(3)8-7-15-17(11-36-24(15)33)18(25)10-20-28(29,37-20)26(27,34)12-30-14-5-6-19(31)16(9-14)23(32)35-4/h5-6,9,13,18,20-22,30-31,34H,7-8,10-12H2,1-4H3/t18-,20-,21-,22-,25-,26-,27-,28+,29+/m0/s1. The molecule has 5 fully saturated rings. The number of anilines is 1. The Morgan fingerprint density at radius 2 is 2.00 bits per heavy atom. The third-order valence-electron chi connectivity index (χ3n) is 11.3. The van der Waals surface area contributed by atoms with E-state index in [0.717, 1.165) is 17.6 Å². The van der Waals surface area contributed by atoms with Crippen LogP contribution in [-0.4, -0.2) is 83.1 Å². The van der Waals surface area contributed by atoms with Gasteiger partial charge < -0.3 is 39.2 Å². The maximum Gasteiger partial charge on any atom is 0.341 e. The van der Waals surface area contributed by atoms with Gasteiger partial charge in [0.1, 0.15) is 46.9 Å². The second-order valence-corrected chi connectivity index (χ2v) is 12.8. The van der Waals surface area contributed by atoms with Gasteiger partial charge in [0.15, 0.2) is 5.60 Å². The number of carbonyl (C=O) groups excluding carboxylic acids is 2. The van der Waals surface area contributed by atoms with E-state index in [1.54, 1.807) is 6.07 Å². The van der Waals surface area contributed by atoms with Crippen molar-refractivity contribution >= 4 is 17.6 Å². The summed E-state index contributed by atoms with van der Waals surface area (Å²) in [5.41, 5.74) is -1.96. The van der Waals surface area contributed by atoms with E-state index in [4.69, 9.17) is 23.7 Å². The van der Waals surface area contributed by atoms with E-state index in [2.05, 4.69) is 26.1 Å². The third-order valence-corrected chi connectivity index (χ3v) is 11.3. The largest absolute Gasteiger partial charge is 0.507 e. The van der Waals surface area contributed by atoms with Gasteiger partial charge in [0.05, 0.1) is 13.2 Å². The summed E-state index contributed by atoms with van der Waals surface area (Å²) in [6.07, 6.45) is 1.31. The van der Waals surface area contributed by atoms with Crippen LogP contribution >= 0.6 is 0 Å². The first-order chi connectivity index (χ1) is 18.5. The first-order valence-corrected chi connectivity index (χ1v) is 13.8. The van der Waals surface area contributed by atoms with Gasteiger partial charge in [-0.2, -0.15) is 0 Å². The molecule has 3 saturated heterocycles. The zero-order chi connectivity index (χ0) is 27.3. The van der Waals surface area contributed by atoms with Crippen molar-refractivity contribution in [3.05, 3.63) is 34.9 Å². The SMILES string of the molecule is COC(=O)c1cc(NC[C@@]2(O)[C@]34O[C@H]3C[C@H]3C5=C(CC[C@]3(C)[C@@]43O[C@H]3[C@@H]3O[C@@]32C(C)C)C(=O)OC5)ccc1O. The van der Waals surface area contributed by atoms with E-state index in [1.165, 1.54) is 19.2 Å². The highest BCUT2D eigenvalue weighted by Gasteiger charge is 3.04. The minimum Gasteiger partial charge on any atom is -0.507 e. The van der Waals surface area contributed by atoms with Gasteiger partial charge in [-0.1, -0.05) is 20.8 Å². The van der Waals surface area contributed by atoms with Gasteiger partial charge in [-0.25, -0.2) is 9.59 Å². The highest BCUT2D eigenvalue weighted by atomic mass is 16.7. The number of phenols is 1. The molecule has 3 aliphatic carbocycles. The predicted octanol–water partition coefficient (Wildman–Crippen LogP) is 2.08. The van der Waals surface area contributed by atoms with Crippen molar-refractivity contribution < 1.29 is 43.5 Å². The Labute approximate surface area is 225 Å². The molecule has 4 aliphatic heterocycles. The van der Waals surface area contributed by atoms with Crippen LogP contribution < -0.4 is 5.32 Å². The topological polar surface area (TPSA) is 143 Å². The average molecular weight is 540 g/mol. The van der Waals surface area contributed by atoms with Crippen LogP contribution in [0.1, 0.15) is 50.4 Å². The number of rotatable bonds is 5. The van der Waals surface area contributed by atoms with Crippen molar-refractivity contribution in [3.8, 4) is 5.75 Å². The quantitative estimate of drug-likeness (QED) is 0.289. The molecule has 10 heteroatoms. The molecule has 2 spiro atoms. The number of nitrogens with one attached hydrogen (secondary N) is 1. The summed E-state index contributed by atoms with van der Waals surface area (Å²) in [5.74, 6) is -0.994. The highest BCUT2D eigenvalue weighted by molar-refractivity contribution is 5.93. The number of ether oxygens (including phenoxy) is 5. The smallest absolute Gasteiger partial charge is 0.341 e. The number of hydrogen-bond donors (Lipinski definition) is 3. The molecule has 0 radical (unpaired) electrons. The Balaban J connectivity index is 1.20. The molecule has 9 atom stereocenters. The molecule has 4 heterocycles. The summed E-state index contributed by atoms with van der Waals surface area (Å²) >= 11 is 0. The van der Waals surface area contributed by atoms with Gasteiger partial charge in [0, 0.05) is 23.2 Å². The van der Waals surface area contributed by atoms with Gasteiger partial charge in [-0.3, -0.25) is 0 Å². The van der Waals surface area contributed by atoms with Crippen molar-refractivity contribution in [1.29, 1.82) is 0 Å². The molecule has 10 nitrogen and oxygen atoms in total. The van der Waals surface area contributed by atoms with Crippen molar-refractivity contribution in [1.82, 2.24) is 0 Å². The lowest BCUT2D eigenvalue weighted by Crippen LogP contribution is -2.77. The molecule has 1 aromatic carbocycles. The number of esters is 2. The number of carbonyl (C=O) groups is 2. The molecule has 1 aromatic rings. The number of aliphatic hydroxyl groups is 1. The summed E-state index contributed by atoms with van der Waals surface area (Å²) < 4.78 is 30.1. The van der Waals surface area contributed by atoms with E-state index in [1.807, 2.05) is 0 Å². The molecular formula is C29H33NO9. The number of methoxy groups -OCH3 is 1. The fourth-order valence-electron chi connectivity index (χ4n) is 9.50. The van der Waals surface area contributed by atoms with E-state index in [9.17, 15) is 19.8 Å².